The minimum absolute atomic E-state index is 0.130. The van der Waals surface area contributed by atoms with Gasteiger partial charge in [-0.15, -0.1) is 0 Å². The highest BCUT2D eigenvalue weighted by Crippen LogP contribution is 2.13. The molecule has 0 aliphatic carbocycles. The van der Waals surface area contributed by atoms with E-state index in [1.165, 1.54) is 0 Å². The number of rotatable bonds is 3. The van der Waals surface area contributed by atoms with Crippen LogP contribution in [0.5, 0.6) is 0 Å². The Morgan fingerprint density at radius 1 is 1.88 bits per heavy atom. The van der Waals surface area contributed by atoms with Crippen molar-refractivity contribution in [1.29, 1.82) is 0 Å². The summed E-state index contributed by atoms with van der Waals surface area (Å²) in [6.07, 6.45) is 1.56. The zero-order valence-electron chi connectivity index (χ0n) is 5.39. The largest absolute Gasteiger partial charge is 0.347 e. The second kappa shape index (κ2) is 2.46. The molecule has 0 saturated carbocycles. The van der Waals surface area contributed by atoms with Crippen LogP contribution in [0, 0.1) is 0 Å². The van der Waals surface area contributed by atoms with Gasteiger partial charge in [0.15, 0.2) is 6.29 Å². The Kier molecular flexibility index (Phi) is 1.86. The molecule has 8 heavy (non-hydrogen) atoms. The first-order valence-corrected chi connectivity index (χ1v) is 3.10. The standard InChI is InChI=1S/C6H12O2/c1-3-5(2)8-6-4-7-6/h5-6H,3-4H2,1-2H3. The van der Waals surface area contributed by atoms with Crippen LogP contribution in [0.25, 0.3) is 0 Å². The minimum Gasteiger partial charge on any atom is -0.347 e. The van der Waals surface area contributed by atoms with Crippen LogP contribution in [0.3, 0.4) is 0 Å². The molecule has 0 spiro atoms. The Bertz CT molecular complexity index is 68.9. The lowest BCUT2D eigenvalue weighted by Gasteiger charge is -2.05. The van der Waals surface area contributed by atoms with Crippen LogP contribution in [-0.2, 0) is 9.47 Å². The molecule has 0 aromatic heterocycles. The molecule has 1 rings (SSSR count). The first-order chi connectivity index (χ1) is 3.83. The molecule has 0 aromatic rings. The Morgan fingerprint density at radius 2 is 2.50 bits per heavy atom. The molecule has 2 unspecified atom stereocenters. The molecule has 2 nitrogen and oxygen atoms in total. The van der Waals surface area contributed by atoms with Gasteiger partial charge in [-0.25, -0.2) is 0 Å². The topological polar surface area (TPSA) is 21.8 Å². The molecule has 48 valence electrons. The fraction of sp³-hybridized carbons (Fsp3) is 1.00. The molecule has 0 bridgehead atoms. The maximum atomic E-state index is 5.29. The first kappa shape index (κ1) is 6.05. The molecule has 1 fully saturated rings. The van der Waals surface area contributed by atoms with Gasteiger partial charge in [-0.05, 0) is 13.3 Å². The van der Waals surface area contributed by atoms with E-state index in [-0.39, 0.29) is 6.29 Å². The molecule has 2 heteroatoms. The van der Waals surface area contributed by atoms with Crippen LogP contribution in [-0.4, -0.2) is 19.0 Å². The van der Waals surface area contributed by atoms with Crippen LogP contribution in [0.4, 0.5) is 0 Å². The summed E-state index contributed by atoms with van der Waals surface area (Å²) in [7, 11) is 0. The third-order valence-electron chi connectivity index (χ3n) is 1.26. The summed E-state index contributed by atoms with van der Waals surface area (Å²) < 4.78 is 10.1. The van der Waals surface area contributed by atoms with Gasteiger partial charge in [0.05, 0.1) is 6.10 Å². The Balaban J connectivity index is 1.98. The summed E-state index contributed by atoms with van der Waals surface area (Å²) in [6.45, 7) is 4.96. The molecule has 1 saturated heterocycles. The van der Waals surface area contributed by atoms with E-state index in [0.717, 1.165) is 13.0 Å². The first-order valence-electron chi connectivity index (χ1n) is 3.10. The second-order valence-corrected chi connectivity index (χ2v) is 2.12. The van der Waals surface area contributed by atoms with Crippen LogP contribution < -0.4 is 0 Å². The Hall–Kier alpha value is -0.0800. The second-order valence-electron chi connectivity index (χ2n) is 2.12. The van der Waals surface area contributed by atoms with Crippen molar-refractivity contribution in [2.75, 3.05) is 6.61 Å². The number of hydrogen-bond donors (Lipinski definition) is 0. The predicted octanol–water partition coefficient (Wildman–Crippen LogP) is 1.16. The Morgan fingerprint density at radius 3 is 2.88 bits per heavy atom. The molecule has 0 N–H and O–H groups in total. The van der Waals surface area contributed by atoms with Crippen LogP contribution in [0.1, 0.15) is 20.3 Å². The zero-order chi connectivity index (χ0) is 5.98. The quantitative estimate of drug-likeness (QED) is 0.516. The summed E-state index contributed by atoms with van der Waals surface area (Å²) in [5.74, 6) is 0. The predicted molar refractivity (Wildman–Crippen MR) is 30.6 cm³/mol. The zero-order valence-corrected chi connectivity index (χ0v) is 5.39. The number of hydrogen-bond acceptors (Lipinski definition) is 2. The lowest BCUT2D eigenvalue weighted by atomic mass is 10.3. The average Bonchev–Trinajstić information content (AvgIpc) is 2.50. The molecule has 1 aliphatic rings. The van der Waals surface area contributed by atoms with Gasteiger partial charge in [0.2, 0.25) is 0 Å². The molecule has 0 aromatic carbocycles. The third-order valence-corrected chi connectivity index (χ3v) is 1.26. The van der Waals surface area contributed by atoms with E-state index in [1.807, 2.05) is 0 Å². The van der Waals surface area contributed by atoms with E-state index in [9.17, 15) is 0 Å². The molecule has 1 aliphatic heterocycles. The van der Waals surface area contributed by atoms with Gasteiger partial charge >= 0.3 is 0 Å². The van der Waals surface area contributed by atoms with Crippen molar-refractivity contribution in [2.45, 2.75) is 32.7 Å². The van der Waals surface area contributed by atoms with E-state index >= 15 is 0 Å². The van der Waals surface area contributed by atoms with Crippen molar-refractivity contribution in [3.8, 4) is 0 Å². The van der Waals surface area contributed by atoms with Gasteiger partial charge in [-0.2, -0.15) is 0 Å². The van der Waals surface area contributed by atoms with Gasteiger partial charge in [0.25, 0.3) is 0 Å². The minimum atomic E-state index is 0.130. The monoisotopic (exact) mass is 116 g/mol. The van der Waals surface area contributed by atoms with Crippen molar-refractivity contribution >= 4 is 0 Å². The highest BCUT2D eigenvalue weighted by atomic mass is 16.8. The smallest absolute Gasteiger partial charge is 0.181 e. The van der Waals surface area contributed by atoms with Crippen molar-refractivity contribution in [3.63, 3.8) is 0 Å². The van der Waals surface area contributed by atoms with Crippen LogP contribution in [0.2, 0.25) is 0 Å². The van der Waals surface area contributed by atoms with Crippen molar-refractivity contribution < 1.29 is 9.47 Å². The average molecular weight is 116 g/mol. The molecule has 2 atom stereocenters. The lowest BCUT2D eigenvalue weighted by molar-refractivity contribution is -0.00283. The van der Waals surface area contributed by atoms with E-state index in [1.54, 1.807) is 0 Å². The van der Waals surface area contributed by atoms with Crippen molar-refractivity contribution in [1.82, 2.24) is 0 Å². The molecule has 0 radical (unpaired) electrons. The van der Waals surface area contributed by atoms with Crippen molar-refractivity contribution in [3.05, 3.63) is 0 Å². The van der Waals surface area contributed by atoms with Crippen LogP contribution in [0.15, 0.2) is 0 Å². The van der Waals surface area contributed by atoms with Gasteiger partial charge in [-0.1, -0.05) is 6.92 Å². The van der Waals surface area contributed by atoms with E-state index in [4.69, 9.17) is 9.47 Å². The van der Waals surface area contributed by atoms with Gasteiger partial charge in [0.1, 0.15) is 6.61 Å². The molecule has 0 amide bonds. The third kappa shape index (κ3) is 1.80. The van der Waals surface area contributed by atoms with E-state index in [0.29, 0.717) is 6.10 Å². The van der Waals surface area contributed by atoms with Gasteiger partial charge < -0.3 is 9.47 Å². The molecular weight excluding hydrogens is 104 g/mol. The normalized spacial score (nSPS) is 30.0. The maximum Gasteiger partial charge on any atom is 0.181 e. The van der Waals surface area contributed by atoms with E-state index < -0.39 is 0 Å². The fourth-order valence-corrected chi connectivity index (χ4v) is 0.473. The lowest BCUT2D eigenvalue weighted by Crippen LogP contribution is -2.08. The highest BCUT2D eigenvalue weighted by molar-refractivity contribution is 4.58. The summed E-state index contributed by atoms with van der Waals surface area (Å²) >= 11 is 0. The van der Waals surface area contributed by atoms with Gasteiger partial charge in [0, 0.05) is 0 Å². The van der Waals surface area contributed by atoms with Gasteiger partial charge in [-0.3, -0.25) is 0 Å². The Labute approximate surface area is 49.8 Å². The maximum absolute atomic E-state index is 5.29. The van der Waals surface area contributed by atoms with Crippen molar-refractivity contribution in [2.24, 2.45) is 0 Å². The summed E-state index contributed by atoms with van der Waals surface area (Å²) in [5, 5.41) is 0. The molecular formula is C6H12O2. The summed E-state index contributed by atoms with van der Waals surface area (Å²) in [6, 6.07) is 0. The number of epoxide rings is 1. The fourth-order valence-electron chi connectivity index (χ4n) is 0.473. The summed E-state index contributed by atoms with van der Waals surface area (Å²) in [4.78, 5) is 0. The molecule has 1 heterocycles. The number of ether oxygens (including phenoxy) is 2. The van der Waals surface area contributed by atoms with Crippen LogP contribution >= 0.6 is 0 Å². The SMILES string of the molecule is CCC(C)OC1CO1. The van der Waals surface area contributed by atoms with E-state index in [2.05, 4.69) is 13.8 Å². The highest BCUT2D eigenvalue weighted by Gasteiger charge is 2.24. The summed E-state index contributed by atoms with van der Waals surface area (Å²) in [5.41, 5.74) is 0.